The Labute approximate surface area is 74.2 Å². The van der Waals surface area contributed by atoms with Gasteiger partial charge in [-0.25, -0.2) is 0 Å². The summed E-state index contributed by atoms with van der Waals surface area (Å²) in [6, 6.07) is 9.36. The molecule has 1 aromatic carbocycles. The molecular formula is C8H8OSe2. The van der Waals surface area contributed by atoms with Crippen LogP contribution in [-0.2, 0) is 3.83 Å². The van der Waals surface area contributed by atoms with E-state index in [9.17, 15) is 3.83 Å². The first kappa shape index (κ1) is 8.89. The number of benzene rings is 1. The molecule has 0 aliphatic carbocycles. The summed E-state index contributed by atoms with van der Waals surface area (Å²) in [6.07, 6.45) is 0. The SMILES string of the molecule is C=C[Se](=O)(=[Se])c1ccccc1. The van der Waals surface area contributed by atoms with Crippen LogP contribution in [0.2, 0.25) is 0 Å². The zero-order chi connectivity index (χ0) is 8.32. The monoisotopic (exact) mass is 280 g/mol. The Morgan fingerprint density at radius 1 is 1.36 bits per heavy atom. The predicted molar refractivity (Wildman–Crippen MR) is 48.5 cm³/mol. The number of rotatable bonds is 2. The fraction of sp³-hybridized carbons (Fsp3) is 0. The second kappa shape index (κ2) is 3.46. The second-order valence-electron chi connectivity index (χ2n) is 2.02. The van der Waals surface area contributed by atoms with Crippen LogP contribution in [0.3, 0.4) is 0 Å². The molecule has 0 amide bonds. The van der Waals surface area contributed by atoms with Crippen LogP contribution < -0.4 is 4.46 Å². The van der Waals surface area contributed by atoms with Crippen molar-refractivity contribution in [1.82, 2.24) is 0 Å². The van der Waals surface area contributed by atoms with Gasteiger partial charge in [0.1, 0.15) is 0 Å². The molecular weight excluding hydrogens is 270 g/mol. The summed E-state index contributed by atoms with van der Waals surface area (Å²) in [5, 5.41) is 0. The molecule has 0 bridgehead atoms. The van der Waals surface area contributed by atoms with E-state index in [1.54, 1.807) is 0 Å². The molecule has 1 nitrogen and oxygen atoms in total. The Morgan fingerprint density at radius 3 is 2.36 bits per heavy atom. The van der Waals surface area contributed by atoms with Crippen molar-refractivity contribution in [1.29, 1.82) is 0 Å². The zero-order valence-electron chi connectivity index (χ0n) is 5.90. The third-order valence-corrected chi connectivity index (χ3v) is 7.74. The van der Waals surface area contributed by atoms with Gasteiger partial charge in [-0.05, 0) is 0 Å². The number of hydrogen-bond acceptors (Lipinski definition) is 1. The van der Waals surface area contributed by atoms with Gasteiger partial charge in [-0.1, -0.05) is 0 Å². The van der Waals surface area contributed by atoms with Gasteiger partial charge < -0.3 is 0 Å². The van der Waals surface area contributed by atoms with Gasteiger partial charge in [-0.15, -0.1) is 0 Å². The zero-order valence-corrected chi connectivity index (χ0v) is 9.32. The maximum absolute atomic E-state index is 11.7. The molecule has 3 heteroatoms. The molecule has 0 aliphatic heterocycles. The van der Waals surface area contributed by atoms with E-state index in [1.165, 1.54) is 4.97 Å². The summed E-state index contributed by atoms with van der Waals surface area (Å²) >= 11 is 2.70. The quantitative estimate of drug-likeness (QED) is 0.726. The number of hydrogen-bond donors (Lipinski definition) is 0. The van der Waals surface area contributed by atoms with Gasteiger partial charge >= 0.3 is 74.3 Å². The van der Waals surface area contributed by atoms with Crippen LogP contribution in [0.15, 0.2) is 41.9 Å². The molecule has 1 unspecified atom stereocenters. The van der Waals surface area contributed by atoms with E-state index >= 15 is 0 Å². The molecule has 0 saturated carbocycles. The van der Waals surface area contributed by atoms with Crippen LogP contribution >= 0.6 is 0 Å². The molecule has 11 heavy (non-hydrogen) atoms. The Morgan fingerprint density at radius 2 is 1.91 bits per heavy atom. The summed E-state index contributed by atoms with van der Waals surface area (Å²) < 4.78 is 12.5. The molecule has 0 fully saturated rings. The first-order valence-corrected chi connectivity index (χ1v) is 9.97. The van der Waals surface area contributed by atoms with Crippen LogP contribution in [0.1, 0.15) is 0 Å². The Balaban J connectivity index is 3.24. The molecule has 0 aliphatic rings. The van der Waals surface area contributed by atoms with Crippen molar-refractivity contribution in [3.05, 3.63) is 41.9 Å². The summed E-state index contributed by atoms with van der Waals surface area (Å²) in [6.45, 7) is 3.53. The molecule has 1 rings (SSSR count). The van der Waals surface area contributed by atoms with E-state index in [0.717, 1.165) is 4.46 Å². The normalized spacial score (nSPS) is 15.3. The average Bonchev–Trinajstić information content (AvgIpc) is 2.06. The molecule has 0 radical (unpaired) electrons. The second-order valence-corrected chi connectivity index (χ2v) is 11.4. The van der Waals surface area contributed by atoms with E-state index in [1.807, 2.05) is 30.3 Å². The molecule has 0 spiro atoms. The van der Waals surface area contributed by atoms with E-state index in [-0.39, 0.29) is 0 Å². The van der Waals surface area contributed by atoms with Crippen molar-refractivity contribution in [3.8, 4) is 0 Å². The van der Waals surface area contributed by atoms with Gasteiger partial charge in [-0.2, -0.15) is 0 Å². The van der Waals surface area contributed by atoms with Crippen molar-refractivity contribution in [2.75, 3.05) is 0 Å². The van der Waals surface area contributed by atoms with Crippen LogP contribution in [0, 0.1) is 0 Å². The van der Waals surface area contributed by atoms with E-state index in [0.29, 0.717) is 0 Å². The average molecular weight is 278 g/mol. The Hall–Kier alpha value is -0.201. The van der Waals surface area contributed by atoms with E-state index in [2.05, 4.69) is 20.2 Å². The van der Waals surface area contributed by atoms with Crippen molar-refractivity contribution in [2.45, 2.75) is 0 Å². The first-order valence-electron chi connectivity index (χ1n) is 3.09. The first-order chi connectivity index (χ1) is 5.17. The van der Waals surface area contributed by atoms with E-state index < -0.39 is 10.4 Å². The maximum atomic E-state index is 11.7. The summed E-state index contributed by atoms with van der Waals surface area (Å²) in [4.78, 5) is 1.52. The molecule has 0 saturated heterocycles. The summed E-state index contributed by atoms with van der Waals surface area (Å²) in [5.74, 6) is 0. The Kier molecular flexibility index (Phi) is 2.80. The van der Waals surface area contributed by atoms with Gasteiger partial charge in [0, 0.05) is 0 Å². The molecule has 0 aromatic heterocycles. The van der Waals surface area contributed by atoms with Crippen molar-refractivity contribution in [3.63, 3.8) is 0 Å². The van der Waals surface area contributed by atoms with Crippen molar-refractivity contribution in [2.24, 2.45) is 0 Å². The molecule has 58 valence electrons. The molecule has 1 aromatic rings. The van der Waals surface area contributed by atoms with Gasteiger partial charge in [0.25, 0.3) is 0 Å². The van der Waals surface area contributed by atoms with Crippen LogP contribution in [0.5, 0.6) is 0 Å². The van der Waals surface area contributed by atoms with E-state index in [4.69, 9.17) is 0 Å². The topological polar surface area (TPSA) is 17.1 Å². The van der Waals surface area contributed by atoms with Gasteiger partial charge in [0.2, 0.25) is 0 Å². The predicted octanol–water partition coefficient (Wildman–Crippen LogP) is 0.660. The van der Waals surface area contributed by atoms with Crippen molar-refractivity contribution >= 4 is 28.5 Å². The minimum atomic E-state index is -2.84. The van der Waals surface area contributed by atoms with Gasteiger partial charge in [-0.3, -0.25) is 0 Å². The summed E-state index contributed by atoms with van der Waals surface area (Å²) in [7, 11) is -2.84. The summed E-state index contributed by atoms with van der Waals surface area (Å²) in [5.41, 5.74) is 0. The molecule has 0 N–H and O–H groups in total. The third kappa shape index (κ3) is 2.11. The fourth-order valence-corrected chi connectivity index (χ4v) is 3.45. The third-order valence-electron chi connectivity index (χ3n) is 1.29. The van der Waals surface area contributed by atoms with Gasteiger partial charge in [0.05, 0.1) is 0 Å². The van der Waals surface area contributed by atoms with Crippen LogP contribution in [0.4, 0.5) is 0 Å². The van der Waals surface area contributed by atoms with Crippen molar-refractivity contribution < 1.29 is 3.83 Å². The van der Waals surface area contributed by atoms with Gasteiger partial charge in [0.15, 0.2) is 0 Å². The molecule has 0 heterocycles. The van der Waals surface area contributed by atoms with Crippen LogP contribution in [0.25, 0.3) is 0 Å². The Bertz CT molecular complexity index is 338. The van der Waals surface area contributed by atoms with Crippen LogP contribution in [-0.4, -0.2) is 24.1 Å². The fourth-order valence-electron chi connectivity index (χ4n) is 0.706. The molecule has 1 atom stereocenters. The minimum absolute atomic E-state index is 0.860. The standard InChI is InChI=1S/C8H8OSe2/c1-2-11(9,10)8-6-4-3-5-7-8/h2-7H,1H2.